The van der Waals surface area contributed by atoms with E-state index in [0.29, 0.717) is 6.04 Å². The van der Waals surface area contributed by atoms with Crippen LogP contribution < -0.4 is 5.32 Å². The molecule has 0 spiro atoms. The number of hydrogen-bond donors (Lipinski definition) is 1. The van der Waals surface area contributed by atoms with Crippen molar-refractivity contribution in [3.63, 3.8) is 0 Å². The minimum absolute atomic E-state index is 0.240. The number of nitriles is 1. The van der Waals surface area contributed by atoms with E-state index in [1.54, 1.807) is 0 Å². The molecule has 94 valence electrons. The van der Waals surface area contributed by atoms with Crippen LogP contribution in [-0.4, -0.2) is 12.6 Å². The van der Waals surface area contributed by atoms with Crippen LogP contribution in [0.3, 0.4) is 0 Å². The van der Waals surface area contributed by atoms with E-state index in [-0.39, 0.29) is 5.41 Å². The molecule has 0 aliphatic heterocycles. The van der Waals surface area contributed by atoms with Gasteiger partial charge in [-0.25, -0.2) is 0 Å². The molecule has 2 heteroatoms. The molecule has 0 aromatic rings. The molecule has 16 heavy (non-hydrogen) atoms. The highest BCUT2D eigenvalue weighted by atomic mass is 14.9. The fourth-order valence-electron chi connectivity index (χ4n) is 1.63. The number of nitrogens with one attached hydrogen (secondary N) is 1. The second-order valence-corrected chi connectivity index (χ2v) is 5.48. The van der Waals surface area contributed by atoms with Crippen molar-refractivity contribution in [2.75, 3.05) is 6.54 Å². The normalized spacial score (nSPS) is 13.4. The van der Waals surface area contributed by atoms with Crippen LogP contribution in [-0.2, 0) is 0 Å². The van der Waals surface area contributed by atoms with Crippen LogP contribution in [0, 0.1) is 16.7 Å². The maximum atomic E-state index is 8.89. The lowest BCUT2D eigenvalue weighted by Crippen LogP contribution is -2.34. The van der Waals surface area contributed by atoms with E-state index >= 15 is 0 Å². The molecule has 0 bridgehead atoms. The second kappa shape index (κ2) is 8.58. The largest absolute Gasteiger partial charge is 0.313 e. The van der Waals surface area contributed by atoms with Gasteiger partial charge in [-0.15, -0.1) is 0 Å². The second-order valence-electron chi connectivity index (χ2n) is 5.48. The molecule has 0 saturated heterocycles. The van der Waals surface area contributed by atoms with Crippen LogP contribution in [0.5, 0.6) is 0 Å². The van der Waals surface area contributed by atoms with Crippen molar-refractivity contribution in [1.29, 1.82) is 5.26 Å². The minimum atomic E-state index is -0.240. The SMILES string of the molecule is CCCCCCCC(C)NCC(C)(C)C#N. The Labute approximate surface area is 101 Å². The van der Waals surface area contributed by atoms with Crippen LogP contribution >= 0.6 is 0 Å². The zero-order valence-corrected chi connectivity index (χ0v) is 11.5. The third kappa shape index (κ3) is 8.73. The summed E-state index contributed by atoms with van der Waals surface area (Å²) < 4.78 is 0. The Morgan fingerprint density at radius 1 is 1.19 bits per heavy atom. The fraction of sp³-hybridized carbons (Fsp3) is 0.929. The van der Waals surface area contributed by atoms with E-state index < -0.39 is 0 Å². The summed E-state index contributed by atoms with van der Waals surface area (Å²) in [5.41, 5.74) is -0.240. The zero-order chi connectivity index (χ0) is 12.4. The van der Waals surface area contributed by atoms with Crippen LogP contribution in [0.1, 0.15) is 66.2 Å². The van der Waals surface area contributed by atoms with Gasteiger partial charge in [0.2, 0.25) is 0 Å². The predicted octanol–water partition coefficient (Wildman–Crippen LogP) is 3.87. The standard InChI is InChI=1S/C14H28N2/c1-5-6-7-8-9-10-13(2)16-12-14(3,4)11-15/h13,16H,5-10,12H2,1-4H3. The maximum Gasteiger partial charge on any atom is 0.0697 e. The van der Waals surface area contributed by atoms with Gasteiger partial charge in [0.1, 0.15) is 0 Å². The number of hydrogen-bond acceptors (Lipinski definition) is 2. The molecule has 0 saturated carbocycles. The fourth-order valence-corrected chi connectivity index (χ4v) is 1.63. The lowest BCUT2D eigenvalue weighted by Gasteiger charge is -2.20. The van der Waals surface area contributed by atoms with E-state index in [4.69, 9.17) is 5.26 Å². The molecule has 0 radical (unpaired) electrons. The Morgan fingerprint density at radius 3 is 2.38 bits per heavy atom. The number of unbranched alkanes of at least 4 members (excludes halogenated alkanes) is 4. The van der Waals surface area contributed by atoms with Gasteiger partial charge in [0, 0.05) is 12.6 Å². The molecule has 0 fully saturated rings. The van der Waals surface area contributed by atoms with Gasteiger partial charge < -0.3 is 5.32 Å². The third-order valence-corrected chi connectivity index (χ3v) is 2.94. The first-order valence-corrected chi connectivity index (χ1v) is 6.66. The molecule has 1 N–H and O–H groups in total. The Hall–Kier alpha value is -0.550. The first-order valence-electron chi connectivity index (χ1n) is 6.66. The summed E-state index contributed by atoms with van der Waals surface area (Å²) in [5, 5.41) is 12.3. The van der Waals surface area contributed by atoms with Crippen molar-refractivity contribution in [2.24, 2.45) is 5.41 Å². The lowest BCUT2D eigenvalue weighted by molar-refractivity contribution is 0.392. The molecule has 0 aromatic carbocycles. The van der Waals surface area contributed by atoms with Gasteiger partial charge >= 0.3 is 0 Å². The zero-order valence-electron chi connectivity index (χ0n) is 11.5. The average molecular weight is 224 g/mol. The van der Waals surface area contributed by atoms with Crippen molar-refractivity contribution in [3.05, 3.63) is 0 Å². The highest BCUT2D eigenvalue weighted by molar-refractivity contribution is 4.93. The summed E-state index contributed by atoms with van der Waals surface area (Å²) >= 11 is 0. The first kappa shape index (κ1) is 15.4. The van der Waals surface area contributed by atoms with Crippen molar-refractivity contribution in [2.45, 2.75) is 72.3 Å². The molecule has 1 atom stereocenters. The minimum Gasteiger partial charge on any atom is -0.313 e. The van der Waals surface area contributed by atoms with E-state index in [2.05, 4.69) is 25.2 Å². The van der Waals surface area contributed by atoms with Gasteiger partial charge in [0.05, 0.1) is 11.5 Å². The van der Waals surface area contributed by atoms with Gasteiger partial charge in [-0.2, -0.15) is 5.26 Å². The Bertz CT molecular complexity index is 203. The summed E-state index contributed by atoms with van der Waals surface area (Å²) in [6, 6.07) is 2.85. The Morgan fingerprint density at radius 2 is 1.81 bits per heavy atom. The molecule has 0 heterocycles. The number of nitrogens with zero attached hydrogens (tertiary/aromatic N) is 1. The summed E-state index contributed by atoms with van der Waals surface area (Å²) in [7, 11) is 0. The van der Waals surface area contributed by atoms with Crippen molar-refractivity contribution in [1.82, 2.24) is 5.32 Å². The van der Waals surface area contributed by atoms with Gasteiger partial charge in [0.25, 0.3) is 0 Å². The van der Waals surface area contributed by atoms with Gasteiger partial charge in [-0.3, -0.25) is 0 Å². The quantitative estimate of drug-likeness (QED) is 0.603. The van der Waals surface area contributed by atoms with E-state index in [9.17, 15) is 0 Å². The third-order valence-electron chi connectivity index (χ3n) is 2.94. The molecule has 1 unspecified atom stereocenters. The molecule has 0 aliphatic rings. The van der Waals surface area contributed by atoms with Crippen molar-refractivity contribution >= 4 is 0 Å². The Kier molecular flexibility index (Phi) is 8.29. The molecule has 2 nitrogen and oxygen atoms in total. The molecule has 0 amide bonds. The summed E-state index contributed by atoms with van der Waals surface area (Å²) in [6.45, 7) is 9.21. The van der Waals surface area contributed by atoms with Gasteiger partial charge in [-0.1, -0.05) is 39.0 Å². The highest BCUT2D eigenvalue weighted by Gasteiger charge is 2.16. The number of rotatable bonds is 9. The molecular formula is C14H28N2. The summed E-state index contributed by atoms with van der Waals surface area (Å²) in [4.78, 5) is 0. The molecule has 0 aromatic heterocycles. The molecule has 0 aliphatic carbocycles. The monoisotopic (exact) mass is 224 g/mol. The van der Waals surface area contributed by atoms with Crippen LogP contribution in [0.25, 0.3) is 0 Å². The Balaban J connectivity index is 3.45. The van der Waals surface area contributed by atoms with Crippen LogP contribution in [0.15, 0.2) is 0 Å². The van der Waals surface area contributed by atoms with Crippen LogP contribution in [0.4, 0.5) is 0 Å². The summed E-state index contributed by atoms with van der Waals surface area (Å²) in [6.07, 6.45) is 7.92. The van der Waals surface area contributed by atoms with Crippen LogP contribution in [0.2, 0.25) is 0 Å². The topological polar surface area (TPSA) is 35.8 Å². The first-order chi connectivity index (χ1) is 7.52. The molecule has 0 rings (SSSR count). The van der Waals surface area contributed by atoms with E-state index in [1.807, 2.05) is 13.8 Å². The average Bonchev–Trinajstić information content (AvgIpc) is 2.26. The molecular weight excluding hydrogens is 196 g/mol. The van der Waals surface area contributed by atoms with Crippen molar-refractivity contribution in [3.8, 4) is 6.07 Å². The van der Waals surface area contributed by atoms with Gasteiger partial charge in [0.15, 0.2) is 0 Å². The summed E-state index contributed by atoms with van der Waals surface area (Å²) in [5.74, 6) is 0. The lowest BCUT2D eigenvalue weighted by atomic mass is 9.95. The van der Waals surface area contributed by atoms with E-state index in [1.165, 1.54) is 38.5 Å². The van der Waals surface area contributed by atoms with Crippen molar-refractivity contribution < 1.29 is 0 Å². The predicted molar refractivity (Wildman–Crippen MR) is 70.2 cm³/mol. The smallest absolute Gasteiger partial charge is 0.0697 e. The maximum absolute atomic E-state index is 8.89. The highest BCUT2D eigenvalue weighted by Crippen LogP contribution is 2.12. The van der Waals surface area contributed by atoms with Gasteiger partial charge in [-0.05, 0) is 27.2 Å². The van der Waals surface area contributed by atoms with E-state index in [0.717, 1.165) is 6.54 Å².